The van der Waals surface area contributed by atoms with E-state index in [9.17, 15) is 19.5 Å². The van der Waals surface area contributed by atoms with Gasteiger partial charge >= 0.3 is 5.97 Å². The topological polar surface area (TPSA) is 87.2 Å². The summed E-state index contributed by atoms with van der Waals surface area (Å²) in [4.78, 5) is 43.6. The Morgan fingerprint density at radius 3 is 2.60 bits per heavy atom. The normalized spacial score (nSPS) is 34.8. The third kappa shape index (κ3) is 3.27. The molecule has 2 amide bonds. The van der Waals surface area contributed by atoms with Gasteiger partial charge in [-0.25, -0.2) is 0 Å². The molecule has 2 bridgehead atoms. The molecule has 8 heteroatoms. The third-order valence-corrected chi connectivity index (χ3v) is 8.77. The van der Waals surface area contributed by atoms with Crippen LogP contribution in [0.15, 0.2) is 12.7 Å². The summed E-state index contributed by atoms with van der Waals surface area (Å²) in [5.41, 5.74) is -0.459. The van der Waals surface area contributed by atoms with Crippen molar-refractivity contribution in [2.24, 2.45) is 11.8 Å². The van der Waals surface area contributed by atoms with E-state index >= 15 is 0 Å². The van der Waals surface area contributed by atoms with Crippen LogP contribution in [0.4, 0.5) is 0 Å². The Bertz CT molecular complexity index is 750. The monoisotopic (exact) mass is 438 g/mol. The first-order valence-corrected chi connectivity index (χ1v) is 11.5. The molecular weight excluding hydrogens is 404 g/mol. The number of hydrogen-bond acceptors (Lipinski definition) is 6. The first kappa shape index (κ1) is 23.1. The molecule has 2 unspecified atom stereocenters. The van der Waals surface area contributed by atoms with Crippen LogP contribution >= 0.6 is 11.8 Å². The molecule has 0 aromatic carbocycles. The standard InChI is InChI=1S/C22H34N2O5S/c1-7-11-24(20(3,4)5)18(27)16-22-10-9-21(6,30-22)15(19(28)29-8-2)14(22)17(26)23(16)12-13-25/h7,14-16,25H,1,8-13H2,2-6H3/t14-,15-,16?,21+,22?/m0/s1. The van der Waals surface area contributed by atoms with Crippen molar-refractivity contribution >= 4 is 29.5 Å². The van der Waals surface area contributed by atoms with Gasteiger partial charge in [-0.05, 0) is 47.5 Å². The van der Waals surface area contributed by atoms with E-state index in [1.165, 1.54) is 4.90 Å². The lowest BCUT2D eigenvalue weighted by Gasteiger charge is -2.42. The molecule has 0 saturated carbocycles. The summed E-state index contributed by atoms with van der Waals surface area (Å²) < 4.78 is 4.24. The van der Waals surface area contributed by atoms with Gasteiger partial charge in [0.25, 0.3) is 0 Å². The molecule has 7 nitrogen and oxygen atoms in total. The Morgan fingerprint density at radius 1 is 1.40 bits per heavy atom. The molecule has 3 rings (SSSR count). The second kappa shape index (κ2) is 7.86. The quantitative estimate of drug-likeness (QED) is 0.482. The van der Waals surface area contributed by atoms with Crippen LogP contribution in [0.3, 0.4) is 0 Å². The largest absolute Gasteiger partial charge is 0.466 e. The van der Waals surface area contributed by atoms with Gasteiger partial charge in [0.2, 0.25) is 11.8 Å². The summed E-state index contributed by atoms with van der Waals surface area (Å²) >= 11 is 1.61. The van der Waals surface area contributed by atoms with Crippen molar-refractivity contribution in [1.82, 2.24) is 9.80 Å². The molecule has 1 spiro atoms. The number of nitrogens with zero attached hydrogens (tertiary/aromatic N) is 2. The Morgan fingerprint density at radius 2 is 2.07 bits per heavy atom. The van der Waals surface area contributed by atoms with Crippen LogP contribution in [0.25, 0.3) is 0 Å². The molecule has 0 aromatic rings. The van der Waals surface area contributed by atoms with E-state index in [1.54, 1.807) is 29.7 Å². The molecule has 3 fully saturated rings. The average molecular weight is 439 g/mol. The number of rotatable bonds is 7. The number of fused-ring (bicyclic) bond motifs is 1. The fourth-order valence-corrected chi connectivity index (χ4v) is 7.95. The Kier molecular flexibility index (Phi) is 6.06. The molecule has 0 aliphatic carbocycles. The van der Waals surface area contributed by atoms with Crippen LogP contribution in [-0.2, 0) is 19.1 Å². The van der Waals surface area contributed by atoms with Crippen LogP contribution < -0.4 is 0 Å². The lowest BCUT2D eigenvalue weighted by atomic mass is 9.66. The van der Waals surface area contributed by atoms with E-state index in [2.05, 4.69) is 6.58 Å². The first-order chi connectivity index (χ1) is 14.0. The predicted molar refractivity (Wildman–Crippen MR) is 116 cm³/mol. The summed E-state index contributed by atoms with van der Waals surface area (Å²) in [6.07, 6.45) is 3.12. The smallest absolute Gasteiger partial charge is 0.311 e. The number of esters is 1. The molecule has 3 aliphatic heterocycles. The third-order valence-electron chi connectivity index (χ3n) is 6.78. The van der Waals surface area contributed by atoms with Crippen molar-refractivity contribution in [3.05, 3.63) is 12.7 Å². The average Bonchev–Trinajstić information content (AvgIpc) is 3.20. The molecule has 30 heavy (non-hydrogen) atoms. The van der Waals surface area contributed by atoms with E-state index in [1.807, 2.05) is 27.7 Å². The second-order valence-electron chi connectivity index (χ2n) is 9.64. The minimum absolute atomic E-state index is 0.0758. The van der Waals surface area contributed by atoms with Crippen LogP contribution in [0.1, 0.15) is 47.5 Å². The lowest BCUT2D eigenvalue weighted by Crippen LogP contribution is -2.59. The maximum absolute atomic E-state index is 13.9. The van der Waals surface area contributed by atoms with Crippen LogP contribution in [-0.4, -0.2) is 80.1 Å². The highest BCUT2D eigenvalue weighted by Gasteiger charge is 2.77. The maximum atomic E-state index is 13.9. The fraction of sp³-hybridized carbons (Fsp3) is 0.773. The van der Waals surface area contributed by atoms with Gasteiger partial charge in [-0.2, -0.15) is 0 Å². The summed E-state index contributed by atoms with van der Waals surface area (Å²) in [5.74, 6) is -1.91. The number of β-amino-alcohol motifs (C(OH)–C–C–N with tert-alkyl or cyclic N) is 1. The Hall–Kier alpha value is -1.54. The van der Waals surface area contributed by atoms with E-state index in [0.717, 1.165) is 6.42 Å². The number of amides is 2. The van der Waals surface area contributed by atoms with Gasteiger partial charge in [-0.15, -0.1) is 18.3 Å². The number of carbonyl (C=O) groups is 3. The molecule has 1 N–H and O–H groups in total. The molecule has 5 atom stereocenters. The predicted octanol–water partition coefficient (Wildman–Crippen LogP) is 1.84. The summed E-state index contributed by atoms with van der Waals surface area (Å²) in [5, 5.41) is 9.65. The number of aliphatic hydroxyl groups is 1. The minimum Gasteiger partial charge on any atom is -0.466 e. The van der Waals surface area contributed by atoms with E-state index in [-0.39, 0.29) is 37.5 Å². The Labute approximate surface area is 183 Å². The van der Waals surface area contributed by atoms with Gasteiger partial charge in [0.1, 0.15) is 6.04 Å². The number of aliphatic hydroxyl groups excluding tert-OH is 1. The Balaban J connectivity index is 2.09. The SMILES string of the molecule is C=CCN(C(=O)C1N(CCO)C(=O)[C@@H]2[C@@H](C(=O)OCC)[C@@]3(C)CCC12S3)C(C)(C)C. The number of likely N-dealkylation sites (tertiary alicyclic amines) is 1. The van der Waals surface area contributed by atoms with Crippen molar-refractivity contribution in [2.45, 2.75) is 68.5 Å². The number of ether oxygens (including phenoxy) is 1. The van der Waals surface area contributed by atoms with E-state index in [4.69, 9.17) is 4.74 Å². The van der Waals surface area contributed by atoms with Gasteiger partial charge in [0.15, 0.2) is 0 Å². The molecule has 3 heterocycles. The first-order valence-electron chi connectivity index (χ1n) is 10.7. The molecule has 3 aliphatic rings. The molecular formula is C22H34N2O5S. The minimum atomic E-state index is -0.715. The molecule has 168 valence electrons. The van der Waals surface area contributed by atoms with Crippen LogP contribution in [0.2, 0.25) is 0 Å². The molecule has 0 aromatic heterocycles. The highest BCUT2D eigenvalue weighted by molar-refractivity contribution is 8.02. The maximum Gasteiger partial charge on any atom is 0.311 e. The van der Waals surface area contributed by atoms with Gasteiger partial charge < -0.3 is 19.6 Å². The molecule has 3 saturated heterocycles. The summed E-state index contributed by atoms with van der Waals surface area (Å²) in [6, 6.07) is -0.715. The van der Waals surface area contributed by atoms with Crippen molar-refractivity contribution in [3.63, 3.8) is 0 Å². The number of hydrogen-bond donors (Lipinski definition) is 1. The van der Waals surface area contributed by atoms with Gasteiger partial charge in [0, 0.05) is 23.4 Å². The van der Waals surface area contributed by atoms with E-state index in [0.29, 0.717) is 13.0 Å². The zero-order valence-electron chi connectivity index (χ0n) is 18.6. The van der Waals surface area contributed by atoms with Gasteiger partial charge in [-0.1, -0.05) is 6.08 Å². The lowest BCUT2D eigenvalue weighted by molar-refractivity contribution is -0.155. The summed E-state index contributed by atoms with van der Waals surface area (Å²) in [6.45, 7) is 13.9. The zero-order valence-corrected chi connectivity index (χ0v) is 19.5. The van der Waals surface area contributed by atoms with Gasteiger partial charge in [-0.3, -0.25) is 14.4 Å². The van der Waals surface area contributed by atoms with Crippen molar-refractivity contribution in [2.75, 3.05) is 26.3 Å². The fourth-order valence-electron chi connectivity index (χ4n) is 5.61. The second-order valence-corrected chi connectivity index (χ2v) is 11.5. The van der Waals surface area contributed by atoms with Crippen molar-refractivity contribution in [1.29, 1.82) is 0 Å². The number of thioether (sulfide) groups is 1. The highest BCUT2D eigenvalue weighted by Crippen LogP contribution is 2.71. The van der Waals surface area contributed by atoms with E-state index < -0.39 is 32.9 Å². The van der Waals surface area contributed by atoms with Crippen LogP contribution in [0, 0.1) is 11.8 Å². The van der Waals surface area contributed by atoms with Crippen molar-refractivity contribution in [3.8, 4) is 0 Å². The highest BCUT2D eigenvalue weighted by atomic mass is 32.2. The molecule has 0 radical (unpaired) electrons. The zero-order chi connectivity index (χ0) is 22.5. The number of carbonyl (C=O) groups excluding carboxylic acids is 3. The van der Waals surface area contributed by atoms with Gasteiger partial charge in [0.05, 0.1) is 29.8 Å². The summed E-state index contributed by atoms with van der Waals surface area (Å²) in [7, 11) is 0. The van der Waals surface area contributed by atoms with Crippen molar-refractivity contribution < 1.29 is 24.2 Å². The van der Waals surface area contributed by atoms with Crippen LogP contribution in [0.5, 0.6) is 0 Å².